The zero-order valence-electron chi connectivity index (χ0n) is 5.49. The van der Waals surface area contributed by atoms with Crippen molar-refractivity contribution in [2.75, 3.05) is 0 Å². The van der Waals surface area contributed by atoms with Crippen LogP contribution in [0.15, 0.2) is 0 Å². The van der Waals surface area contributed by atoms with Gasteiger partial charge in [-0.15, -0.1) is 0 Å². The number of hydrogen-bond acceptors (Lipinski definition) is 1. The summed E-state index contributed by atoms with van der Waals surface area (Å²) < 4.78 is 0. The minimum atomic E-state index is -0.0985. The zero-order chi connectivity index (χ0) is 7.11. The van der Waals surface area contributed by atoms with Crippen molar-refractivity contribution in [3.05, 3.63) is 0 Å². The minimum Gasteiger partial charge on any atom is -0.369 e. The zero-order valence-corrected chi connectivity index (χ0v) is 5.49. The average molecular weight is 125 g/mol. The van der Waals surface area contributed by atoms with Gasteiger partial charge in [0.1, 0.15) is 0 Å². The van der Waals surface area contributed by atoms with Crippen LogP contribution in [0.25, 0.3) is 0 Å². The first kappa shape index (κ1) is 7.83. The molecule has 0 aromatic heterocycles. The highest BCUT2D eigenvalue weighted by atomic mass is 15.0. The predicted octanol–water partition coefficient (Wildman–Crippen LogP) is 0.230. The molecular weight excluding hydrogens is 114 g/mol. The van der Waals surface area contributed by atoms with Gasteiger partial charge in [-0.2, -0.15) is 0 Å². The number of nitrogens with one attached hydrogen (secondary N) is 2. The van der Waals surface area contributed by atoms with Crippen LogP contribution in [-0.2, 0) is 0 Å². The standard InChI is InChI=1S/C6H11N3/c1-2-3-4-5-9-6(7)8/h2-3H2,1H3,(H4,7,8,9). The van der Waals surface area contributed by atoms with E-state index in [0.29, 0.717) is 0 Å². The van der Waals surface area contributed by atoms with Gasteiger partial charge in [-0.05, 0) is 6.42 Å². The van der Waals surface area contributed by atoms with Gasteiger partial charge in [-0.25, -0.2) is 0 Å². The van der Waals surface area contributed by atoms with Crippen LogP contribution in [0.2, 0.25) is 0 Å². The van der Waals surface area contributed by atoms with Crippen LogP contribution < -0.4 is 11.1 Å². The van der Waals surface area contributed by atoms with Crippen molar-refractivity contribution >= 4 is 5.96 Å². The monoisotopic (exact) mass is 125 g/mol. The van der Waals surface area contributed by atoms with Crippen molar-refractivity contribution in [2.45, 2.75) is 19.8 Å². The Balaban J connectivity index is 3.26. The van der Waals surface area contributed by atoms with Crippen molar-refractivity contribution in [3.63, 3.8) is 0 Å². The smallest absolute Gasteiger partial charge is 0.197 e. The van der Waals surface area contributed by atoms with Crippen LogP contribution in [0, 0.1) is 17.4 Å². The molecule has 0 saturated carbocycles. The highest BCUT2D eigenvalue weighted by Gasteiger charge is 1.74. The average Bonchev–Trinajstić information content (AvgIpc) is 1.80. The topological polar surface area (TPSA) is 61.9 Å². The van der Waals surface area contributed by atoms with Crippen molar-refractivity contribution in [1.29, 1.82) is 5.41 Å². The molecule has 0 saturated heterocycles. The van der Waals surface area contributed by atoms with Crippen LogP contribution in [0.1, 0.15) is 19.8 Å². The van der Waals surface area contributed by atoms with E-state index < -0.39 is 0 Å². The van der Waals surface area contributed by atoms with Gasteiger partial charge < -0.3 is 5.73 Å². The molecule has 0 unspecified atom stereocenters. The van der Waals surface area contributed by atoms with Gasteiger partial charge in [0.25, 0.3) is 0 Å². The van der Waals surface area contributed by atoms with Gasteiger partial charge in [0.15, 0.2) is 5.96 Å². The summed E-state index contributed by atoms with van der Waals surface area (Å²) in [5, 5.41) is 9.07. The molecule has 0 aliphatic rings. The second-order valence-corrected chi connectivity index (χ2v) is 1.59. The number of unbranched alkanes of at least 4 members (excludes halogenated alkanes) is 1. The largest absolute Gasteiger partial charge is 0.369 e. The van der Waals surface area contributed by atoms with E-state index >= 15 is 0 Å². The van der Waals surface area contributed by atoms with Crippen LogP contribution in [0.5, 0.6) is 0 Å². The first-order valence-corrected chi connectivity index (χ1v) is 2.85. The molecule has 0 amide bonds. The minimum absolute atomic E-state index is 0.0985. The SMILES string of the molecule is CCCC#CNC(=N)N. The fourth-order valence-corrected chi connectivity index (χ4v) is 0.299. The van der Waals surface area contributed by atoms with Crippen LogP contribution in [0.3, 0.4) is 0 Å². The highest BCUT2D eigenvalue weighted by Crippen LogP contribution is 1.78. The quantitative estimate of drug-likeness (QED) is 0.203. The normalized spacial score (nSPS) is 7.22. The Morgan fingerprint density at radius 3 is 2.89 bits per heavy atom. The van der Waals surface area contributed by atoms with E-state index in [1.807, 2.05) is 6.92 Å². The molecule has 0 bridgehead atoms. The number of rotatable bonds is 1. The van der Waals surface area contributed by atoms with Crippen molar-refractivity contribution < 1.29 is 0 Å². The van der Waals surface area contributed by atoms with E-state index in [1.165, 1.54) is 0 Å². The summed E-state index contributed by atoms with van der Waals surface area (Å²) in [6.45, 7) is 2.04. The molecule has 0 atom stereocenters. The third kappa shape index (κ3) is 6.83. The Kier molecular flexibility index (Phi) is 4.33. The first-order chi connectivity index (χ1) is 4.27. The van der Waals surface area contributed by atoms with Crippen molar-refractivity contribution in [2.24, 2.45) is 5.73 Å². The third-order valence-corrected chi connectivity index (χ3v) is 0.661. The van der Waals surface area contributed by atoms with Crippen molar-refractivity contribution in [3.8, 4) is 12.0 Å². The molecule has 0 heterocycles. The fourth-order valence-electron chi connectivity index (χ4n) is 0.299. The van der Waals surface area contributed by atoms with Gasteiger partial charge in [0.05, 0.1) is 0 Å². The maximum Gasteiger partial charge on any atom is 0.197 e. The molecule has 0 fully saturated rings. The van der Waals surface area contributed by atoms with E-state index in [0.717, 1.165) is 12.8 Å². The number of guanidine groups is 1. The highest BCUT2D eigenvalue weighted by molar-refractivity contribution is 5.76. The lowest BCUT2D eigenvalue weighted by atomic mass is 10.4. The van der Waals surface area contributed by atoms with Gasteiger partial charge in [0, 0.05) is 12.5 Å². The molecule has 0 aromatic rings. The van der Waals surface area contributed by atoms with Gasteiger partial charge in [-0.3, -0.25) is 10.7 Å². The lowest BCUT2D eigenvalue weighted by Gasteiger charge is -1.87. The Labute approximate surface area is 55.1 Å². The van der Waals surface area contributed by atoms with E-state index in [2.05, 4.69) is 17.3 Å². The molecule has 0 aromatic carbocycles. The second-order valence-electron chi connectivity index (χ2n) is 1.59. The summed E-state index contributed by atoms with van der Waals surface area (Å²) in [4.78, 5) is 0. The Hall–Kier alpha value is -1.17. The summed E-state index contributed by atoms with van der Waals surface area (Å²) in [7, 11) is 0. The van der Waals surface area contributed by atoms with Gasteiger partial charge >= 0.3 is 0 Å². The fraction of sp³-hybridized carbons (Fsp3) is 0.500. The Morgan fingerprint density at radius 2 is 2.44 bits per heavy atom. The first-order valence-electron chi connectivity index (χ1n) is 2.85. The molecular formula is C6H11N3. The third-order valence-electron chi connectivity index (χ3n) is 0.661. The Morgan fingerprint density at radius 1 is 1.78 bits per heavy atom. The molecule has 3 heteroatoms. The predicted molar refractivity (Wildman–Crippen MR) is 37.7 cm³/mol. The maximum absolute atomic E-state index is 6.69. The molecule has 0 radical (unpaired) electrons. The van der Waals surface area contributed by atoms with Gasteiger partial charge in [-0.1, -0.05) is 12.8 Å². The summed E-state index contributed by atoms with van der Waals surface area (Å²) in [5.41, 5.74) is 4.94. The van der Waals surface area contributed by atoms with E-state index in [-0.39, 0.29) is 5.96 Å². The molecule has 3 nitrogen and oxygen atoms in total. The summed E-state index contributed by atoms with van der Waals surface area (Å²) in [5.74, 6) is 2.69. The molecule has 50 valence electrons. The van der Waals surface area contributed by atoms with E-state index in [1.54, 1.807) is 0 Å². The maximum atomic E-state index is 6.69. The summed E-state index contributed by atoms with van der Waals surface area (Å²) >= 11 is 0. The van der Waals surface area contributed by atoms with Crippen molar-refractivity contribution in [1.82, 2.24) is 5.32 Å². The number of nitrogens with two attached hydrogens (primary N) is 1. The molecule has 4 N–H and O–H groups in total. The molecule has 9 heavy (non-hydrogen) atoms. The molecule has 0 aliphatic heterocycles. The van der Waals surface area contributed by atoms with Crippen LogP contribution in [-0.4, -0.2) is 5.96 Å². The summed E-state index contributed by atoms with van der Waals surface area (Å²) in [6.07, 6.45) is 1.88. The van der Waals surface area contributed by atoms with E-state index in [9.17, 15) is 0 Å². The van der Waals surface area contributed by atoms with Gasteiger partial charge in [0.2, 0.25) is 0 Å². The van der Waals surface area contributed by atoms with E-state index in [4.69, 9.17) is 11.1 Å². The molecule has 0 spiro atoms. The lowest BCUT2D eigenvalue weighted by molar-refractivity contribution is 0.980. The second kappa shape index (κ2) is 4.98. The lowest BCUT2D eigenvalue weighted by Crippen LogP contribution is -2.25. The number of hydrogen-bond donors (Lipinski definition) is 3. The van der Waals surface area contributed by atoms with Crippen LogP contribution in [0.4, 0.5) is 0 Å². The summed E-state index contributed by atoms with van der Waals surface area (Å²) in [6, 6.07) is 2.54. The Bertz CT molecular complexity index is 140. The molecule has 0 rings (SSSR count). The molecule has 0 aliphatic carbocycles. The van der Waals surface area contributed by atoms with Crippen LogP contribution >= 0.6 is 0 Å².